The molecule has 29 heavy (non-hydrogen) atoms. The van der Waals surface area contributed by atoms with E-state index in [1.165, 1.54) is 0 Å². The van der Waals surface area contributed by atoms with Crippen LogP contribution in [-0.2, 0) is 13.2 Å². The number of benzene rings is 1. The number of aromatic nitrogens is 3. The zero-order valence-electron chi connectivity index (χ0n) is 16.0. The molecule has 0 saturated carbocycles. The van der Waals surface area contributed by atoms with Gasteiger partial charge in [0.2, 0.25) is 0 Å². The van der Waals surface area contributed by atoms with Gasteiger partial charge in [0, 0.05) is 43.1 Å². The smallest absolute Gasteiger partial charge is 0.276 e. The molecule has 1 aromatic carbocycles. The van der Waals surface area contributed by atoms with Crippen LogP contribution in [0.3, 0.4) is 0 Å². The summed E-state index contributed by atoms with van der Waals surface area (Å²) in [4.78, 5) is 22.7. The third-order valence-corrected chi connectivity index (χ3v) is 4.53. The number of carbonyl (C=O) groups is 1. The minimum atomic E-state index is -0.184. The van der Waals surface area contributed by atoms with E-state index in [-0.39, 0.29) is 18.2 Å². The van der Waals surface area contributed by atoms with Gasteiger partial charge in [-0.2, -0.15) is 0 Å². The fraction of sp³-hybridized carbons (Fsp3) is 0.182. The van der Waals surface area contributed by atoms with Crippen molar-refractivity contribution in [2.75, 3.05) is 6.54 Å². The average molecular weight is 388 g/mol. The van der Waals surface area contributed by atoms with Crippen LogP contribution in [0.1, 0.15) is 28.7 Å². The van der Waals surface area contributed by atoms with Crippen LogP contribution in [0.5, 0.6) is 5.75 Å². The highest BCUT2D eigenvalue weighted by atomic mass is 16.5. The van der Waals surface area contributed by atoms with Crippen molar-refractivity contribution >= 4 is 16.8 Å². The first-order chi connectivity index (χ1) is 14.2. The normalized spacial score (nSPS) is 10.8. The minimum absolute atomic E-state index is 0.183. The molecule has 0 unspecified atom stereocenters. The molecular weight excluding hydrogens is 368 g/mol. The number of fused-ring (bicyclic) bond motifs is 1. The van der Waals surface area contributed by atoms with Gasteiger partial charge in [-0.05, 0) is 48.9 Å². The molecule has 0 aliphatic heterocycles. The predicted molar refractivity (Wildman–Crippen MR) is 107 cm³/mol. The topological polar surface area (TPSA) is 81.4 Å². The van der Waals surface area contributed by atoms with Crippen molar-refractivity contribution in [3.05, 3.63) is 84.1 Å². The molecule has 0 radical (unpaired) electrons. The summed E-state index contributed by atoms with van der Waals surface area (Å²) >= 11 is 0. The Bertz CT molecular complexity index is 1110. The second kappa shape index (κ2) is 8.52. The number of hydrogen-bond donors (Lipinski definition) is 0. The second-order valence-corrected chi connectivity index (χ2v) is 6.50. The second-order valence-electron chi connectivity index (χ2n) is 6.50. The van der Waals surface area contributed by atoms with E-state index < -0.39 is 0 Å². The van der Waals surface area contributed by atoms with Gasteiger partial charge in [-0.3, -0.25) is 14.8 Å². The summed E-state index contributed by atoms with van der Waals surface area (Å²) < 4.78 is 11.1. The summed E-state index contributed by atoms with van der Waals surface area (Å²) in [5.74, 6) is 0.998. The van der Waals surface area contributed by atoms with Crippen LogP contribution in [0, 0.1) is 0 Å². The van der Waals surface area contributed by atoms with Crippen molar-refractivity contribution in [2.24, 2.45) is 0 Å². The van der Waals surface area contributed by atoms with Crippen LogP contribution in [0.25, 0.3) is 10.9 Å². The summed E-state index contributed by atoms with van der Waals surface area (Å²) in [6.07, 6.45) is 5.17. The Morgan fingerprint density at radius 1 is 1.10 bits per heavy atom. The standard InChI is InChI=1S/C22H20N4O3/c1-2-26(14-16-7-10-23-11-8-16)22(27)21-13-19(29-25-21)15-28-18-5-6-20-17(12-18)4-3-9-24-20/h3-13H,2,14-15H2,1H3. The molecule has 4 aromatic rings. The number of ether oxygens (including phenoxy) is 1. The van der Waals surface area contributed by atoms with Crippen LogP contribution < -0.4 is 4.74 Å². The van der Waals surface area contributed by atoms with E-state index in [2.05, 4.69) is 15.1 Å². The van der Waals surface area contributed by atoms with Crippen molar-refractivity contribution in [3.63, 3.8) is 0 Å². The molecule has 0 spiro atoms. The van der Waals surface area contributed by atoms with E-state index in [1.807, 2.05) is 49.4 Å². The molecule has 0 atom stereocenters. The number of nitrogens with zero attached hydrogens (tertiary/aromatic N) is 4. The van der Waals surface area contributed by atoms with Gasteiger partial charge in [-0.15, -0.1) is 0 Å². The van der Waals surface area contributed by atoms with E-state index in [0.717, 1.165) is 16.5 Å². The Morgan fingerprint density at radius 3 is 2.79 bits per heavy atom. The van der Waals surface area contributed by atoms with Gasteiger partial charge in [0.05, 0.1) is 5.52 Å². The van der Waals surface area contributed by atoms with E-state index in [9.17, 15) is 4.79 Å². The number of amides is 1. The predicted octanol–water partition coefficient (Wildman–Crippen LogP) is 3.86. The fourth-order valence-corrected chi connectivity index (χ4v) is 2.98. The van der Waals surface area contributed by atoms with Crippen molar-refractivity contribution in [1.82, 2.24) is 20.0 Å². The monoisotopic (exact) mass is 388 g/mol. The maximum Gasteiger partial charge on any atom is 0.276 e. The lowest BCUT2D eigenvalue weighted by atomic mass is 10.2. The van der Waals surface area contributed by atoms with Gasteiger partial charge in [-0.25, -0.2) is 0 Å². The maximum atomic E-state index is 12.8. The highest BCUT2D eigenvalue weighted by Crippen LogP contribution is 2.20. The first-order valence-electron chi connectivity index (χ1n) is 9.34. The SMILES string of the molecule is CCN(Cc1ccncc1)C(=O)c1cc(COc2ccc3ncccc3c2)on1. The molecule has 1 amide bonds. The number of pyridine rings is 2. The van der Waals surface area contributed by atoms with Crippen molar-refractivity contribution in [2.45, 2.75) is 20.1 Å². The molecule has 0 aliphatic rings. The van der Waals surface area contributed by atoms with E-state index >= 15 is 0 Å². The van der Waals surface area contributed by atoms with Crippen molar-refractivity contribution in [3.8, 4) is 5.75 Å². The lowest BCUT2D eigenvalue weighted by Crippen LogP contribution is -2.30. The van der Waals surface area contributed by atoms with E-state index in [0.29, 0.717) is 24.6 Å². The molecule has 0 N–H and O–H groups in total. The lowest BCUT2D eigenvalue weighted by molar-refractivity contribution is 0.0741. The molecule has 7 nitrogen and oxygen atoms in total. The molecule has 4 rings (SSSR count). The van der Waals surface area contributed by atoms with Gasteiger partial charge < -0.3 is 14.2 Å². The first kappa shape index (κ1) is 18.6. The molecule has 0 saturated heterocycles. The van der Waals surface area contributed by atoms with Crippen LogP contribution >= 0.6 is 0 Å². The Morgan fingerprint density at radius 2 is 1.97 bits per heavy atom. The van der Waals surface area contributed by atoms with Crippen molar-refractivity contribution in [1.29, 1.82) is 0 Å². The van der Waals surface area contributed by atoms with Gasteiger partial charge in [0.1, 0.15) is 12.4 Å². The molecule has 3 heterocycles. The summed E-state index contributed by atoms with van der Waals surface area (Å²) in [6.45, 7) is 3.16. The van der Waals surface area contributed by atoms with E-state index in [4.69, 9.17) is 9.26 Å². The molecule has 0 fully saturated rings. The van der Waals surface area contributed by atoms with Gasteiger partial charge in [0.25, 0.3) is 5.91 Å². The molecule has 146 valence electrons. The minimum Gasteiger partial charge on any atom is -0.486 e. The summed E-state index contributed by atoms with van der Waals surface area (Å²) in [5.41, 5.74) is 2.18. The van der Waals surface area contributed by atoms with E-state index in [1.54, 1.807) is 29.6 Å². The van der Waals surface area contributed by atoms with Crippen LogP contribution in [0.2, 0.25) is 0 Å². The molecular formula is C22H20N4O3. The molecule has 7 heteroatoms. The molecule has 0 bridgehead atoms. The summed E-state index contributed by atoms with van der Waals surface area (Å²) in [5, 5.41) is 4.91. The number of rotatable bonds is 7. The van der Waals surface area contributed by atoms with Crippen LogP contribution in [-0.4, -0.2) is 32.5 Å². The third kappa shape index (κ3) is 4.40. The van der Waals surface area contributed by atoms with Crippen LogP contribution in [0.4, 0.5) is 0 Å². The maximum absolute atomic E-state index is 12.8. The number of hydrogen-bond acceptors (Lipinski definition) is 6. The highest BCUT2D eigenvalue weighted by molar-refractivity contribution is 5.92. The molecule has 3 aromatic heterocycles. The Hall–Kier alpha value is -3.74. The lowest BCUT2D eigenvalue weighted by Gasteiger charge is -2.19. The third-order valence-electron chi connectivity index (χ3n) is 4.53. The fourth-order valence-electron chi connectivity index (χ4n) is 2.98. The Kier molecular flexibility index (Phi) is 5.47. The average Bonchev–Trinajstić information content (AvgIpc) is 3.25. The first-order valence-corrected chi connectivity index (χ1v) is 9.34. The Labute approximate surface area is 167 Å². The quantitative estimate of drug-likeness (QED) is 0.478. The largest absolute Gasteiger partial charge is 0.486 e. The zero-order valence-corrected chi connectivity index (χ0v) is 16.0. The zero-order chi connectivity index (χ0) is 20.1. The van der Waals surface area contributed by atoms with Gasteiger partial charge in [-0.1, -0.05) is 11.2 Å². The summed E-state index contributed by atoms with van der Waals surface area (Å²) in [7, 11) is 0. The summed E-state index contributed by atoms with van der Waals surface area (Å²) in [6, 6.07) is 14.9. The molecule has 0 aliphatic carbocycles. The number of carbonyl (C=O) groups excluding carboxylic acids is 1. The van der Waals surface area contributed by atoms with Crippen LogP contribution in [0.15, 0.2) is 71.6 Å². The Balaban J connectivity index is 1.40. The van der Waals surface area contributed by atoms with Gasteiger partial charge >= 0.3 is 0 Å². The van der Waals surface area contributed by atoms with Crippen molar-refractivity contribution < 1.29 is 14.1 Å². The highest BCUT2D eigenvalue weighted by Gasteiger charge is 2.19. The van der Waals surface area contributed by atoms with Gasteiger partial charge in [0.15, 0.2) is 11.5 Å².